The van der Waals surface area contributed by atoms with Gasteiger partial charge in [-0.25, -0.2) is 9.48 Å². The van der Waals surface area contributed by atoms with Gasteiger partial charge in [-0.1, -0.05) is 5.21 Å². The Balaban J connectivity index is 1.28. The predicted molar refractivity (Wildman–Crippen MR) is 117 cm³/mol. The number of aromatic amines is 1. The zero-order valence-corrected chi connectivity index (χ0v) is 18.8. The van der Waals surface area contributed by atoms with Crippen molar-refractivity contribution >= 4 is 5.69 Å². The maximum Gasteiger partial charge on any atom is 0.330 e. The average Bonchev–Trinajstić information content (AvgIpc) is 3.47. The van der Waals surface area contributed by atoms with E-state index in [1.807, 2.05) is 0 Å². The molecule has 0 bridgehead atoms. The quantitative estimate of drug-likeness (QED) is 0.372. The number of non-ortho nitro benzene ring substituents is 1. The molecule has 4 heterocycles. The molecule has 2 aliphatic rings. The molecule has 0 aliphatic carbocycles. The van der Waals surface area contributed by atoms with Gasteiger partial charge in [0, 0.05) is 24.4 Å². The first-order valence-corrected chi connectivity index (χ1v) is 10.8. The van der Waals surface area contributed by atoms with E-state index in [0.29, 0.717) is 11.4 Å². The minimum Gasteiger partial charge on any atom is -0.487 e. The van der Waals surface area contributed by atoms with Crippen LogP contribution in [-0.2, 0) is 27.4 Å². The Kier molecular flexibility index (Phi) is 5.70. The zero-order valence-electron chi connectivity index (χ0n) is 18.8. The number of hydrogen-bond acceptors (Lipinski definition) is 10. The van der Waals surface area contributed by atoms with E-state index in [2.05, 4.69) is 15.3 Å². The molecule has 2 aromatic heterocycles. The number of benzene rings is 1. The van der Waals surface area contributed by atoms with E-state index in [4.69, 9.17) is 18.9 Å². The third-order valence-corrected chi connectivity index (χ3v) is 5.64. The first kappa shape index (κ1) is 22.9. The van der Waals surface area contributed by atoms with Gasteiger partial charge in [-0.15, -0.1) is 5.10 Å². The highest BCUT2D eigenvalue weighted by Crippen LogP contribution is 2.42. The van der Waals surface area contributed by atoms with Crippen LogP contribution in [0.15, 0.2) is 52.3 Å². The number of H-pyrrole nitrogens is 1. The van der Waals surface area contributed by atoms with Crippen molar-refractivity contribution in [2.24, 2.45) is 0 Å². The zero-order chi connectivity index (χ0) is 24.7. The molecular formula is C21H22N6O8. The largest absolute Gasteiger partial charge is 0.487 e. The van der Waals surface area contributed by atoms with E-state index in [-0.39, 0.29) is 18.8 Å². The Bertz CT molecular complexity index is 1350. The van der Waals surface area contributed by atoms with Crippen LogP contribution in [0.4, 0.5) is 5.69 Å². The Morgan fingerprint density at radius 1 is 1.17 bits per heavy atom. The number of fused-ring (bicyclic) bond motifs is 1. The van der Waals surface area contributed by atoms with E-state index in [1.54, 1.807) is 24.7 Å². The fourth-order valence-corrected chi connectivity index (χ4v) is 4.16. The van der Waals surface area contributed by atoms with Crippen LogP contribution in [0.25, 0.3) is 0 Å². The van der Waals surface area contributed by atoms with Crippen molar-refractivity contribution in [3.8, 4) is 5.75 Å². The second-order valence-corrected chi connectivity index (χ2v) is 8.62. The molecule has 0 saturated carbocycles. The van der Waals surface area contributed by atoms with Gasteiger partial charge in [-0.05, 0) is 26.0 Å². The van der Waals surface area contributed by atoms with Crippen LogP contribution in [-0.4, -0.2) is 53.6 Å². The number of aromatic nitrogens is 5. The topological polar surface area (TPSA) is 166 Å². The number of nitrogens with zero attached hydrogens (tertiary/aromatic N) is 5. The van der Waals surface area contributed by atoms with Gasteiger partial charge in [-0.3, -0.25) is 24.5 Å². The van der Waals surface area contributed by atoms with Crippen molar-refractivity contribution in [2.45, 2.75) is 57.3 Å². The Hall–Kier alpha value is -3.88. The number of nitro benzene ring substituents is 1. The first-order chi connectivity index (χ1) is 16.7. The van der Waals surface area contributed by atoms with E-state index >= 15 is 0 Å². The fourth-order valence-electron chi connectivity index (χ4n) is 4.16. The highest BCUT2D eigenvalue weighted by molar-refractivity contribution is 5.36. The van der Waals surface area contributed by atoms with Gasteiger partial charge in [0.25, 0.3) is 11.2 Å². The predicted octanol–water partition coefficient (Wildman–Crippen LogP) is 0.733. The summed E-state index contributed by atoms with van der Waals surface area (Å²) in [5.41, 5.74) is -0.605. The number of ether oxygens (including phenoxy) is 4. The van der Waals surface area contributed by atoms with E-state index < -0.39 is 46.5 Å². The summed E-state index contributed by atoms with van der Waals surface area (Å²) in [4.78, 5) is 36.3. The lowest BCUT2D eigenvalue weighted by molar-refractivity contribution is -0.384. The molecule has 1 aromatic carbocycles. The van der Waals surface area contributed by atoms with Gasteiger partial charge in [0.1, 0.15) is 36.4 Å². The van der Waals surface area contributed by atoms with Gasteiger partial charge < -0.3 is 18.9 Å². The molecule has 14 heteroatoms. The lowest BCUT2D eigenvalue weighted by atomic mass is 10.1. The lowest BCUT2D eigenvalue weighted by Gasteiger charge is -2.24. The molecule has 14 nitrogen and oxygen atoms in total. The van der Waals surface area contributed by atoms with Crippen LogP contribution in [0.2, 0.25) is 0 Å². The second-order valence-electron chi connectivity index (χ2n) is 8.62. The normalized spacial score (nSPS) is 24.9. The summed E-state index contributed by atoms with van der Waals surface area (Å²) in [7, 11) is 0. The Morgan fingerprint density at radius 3 is 2.63 bits per heavy atom. The summed E-state index contributed by atoms with van der Waals surface area (Å²) >= 11 is 0. The van der Waals surface area contributed by atoms with Gasteiger partial charge in [-0.2, -0.15) is 0 Å². The minimum atomic E-state index is -0.881. The van der Waals surface area contributed by atoms with Crippen molar-refractivity contribution in [3.05, 3.63) is 79.4 Å². The van der Waals surface area contributed by atoms with Crippen molar-refractivity contribution in [1.29, 1.82) is 0 Å². The SMILES string of the molecule is CC1(C)O[C@@H]2[C@H](O1)[C@@H](Cn1cc(COc3ccc([N+](=O)[O-])cc3)nn1)O[C@H]2n1ccc(=O)[nH]c1=O. The third-order valence-electron chi connectivity index (χ3n) is 5.64. The summed E-state index contributed by atoms with van der Waals surface area (Å²) in [6.07, 6.45) is 0.665. The first-order valence-electron chi connectivity index (χ1n) is 10.8. The van der Waals surface area contributed by atoms with Crippen LogP contribution in [0.3, 0.4) is 0 Å². The van der Waals surface area contributed by atoms with Gasteiger partial charge in [0.15, 0.2) is 12.0 Å². The lowest BCUT2D eigenvalue weighted by Crippen LogP contribution is -2.37. The molecule has 2 aliphatic heterocycles. The molecule has 35 heavy (non-hydrogen) atoms. The fraction of sp³-hybridized carbons (Fsp3) is 0.429. The molecule has 184 valence electrons. The molecule has 2 fully saturated rings. The average molecular weight is 486 g/mol. The molecule has 0 radical (unpaired) electrons. The van der Waals surface area contributed by atoms with Crippen LogP contribution < -0.4 is 16.0 Å². The highest BCUT2D eigenvalue weighted by Gasteiger charge is 2.56. The van der Waals surface area contributed by atoms with E-state index in [0.717, 1.165) is 0 Å². The van der Waals surface area contributed by atoms with Crippen molar-refractivity contribution in [2.75, 3.05) is 0 Å². The van der Waals surface area contributed by atoms with Gasteiger partial charge >= 0.3 is 5.69 Å². The minimum absolute atomic E-state index is 0.0260. The number of nitrogens with one attached hydrogen (secondary N) is 1. The van der Waals surface area contributed by atoms with Crippen LogP contribution in [0, 0.1) is 10.1 Å². The number of rotatable bonds is 7. The van der Waals surface area contributed by atoms with E-state index in [9.17, 15) is 19.7 Å². The Labute approximate surface area is 197 Å². The molecule has 4 atom stereocenters. The van der Waals surface area contributed by atoms with Crippen LogP contribution in [0.1, 0.15) is 25.8 Å². The van der Waals surface area contributed by atoms with Crippen molar-refractivity contribution < 1.29 is 23.9 Å². The molecular weight excluding hydrogens is 464 g/mol. The van der Waals surface area contributed by atoms with Crippen molar-refractivity contribution in [3.63, 3.8) is 0 Å². The number of hydrogen-bond donors (Lipinski definition) is 1. The Morgan fingerprint density at radius 2 is 1.91 bits per heavy atom. The monoisotopic (exact) mass is 486 g/mol. The van der Waals surface area contributed by atoms with Crippen molar-refractivity contribution in [1.82, 2.24) is 24.5 Å². The molecule has 0 amide bonds. The van der Waals surface area contributed by atoms with Crippen LogP contribution in [0.5, 0.6) is 5.75 Å². The smallest absolute Gasteiger partial charge is 0.330 e. The molecule has 1 N–H and O–H groups in total. The molecule has 2 saturated heterocycles. The van der Waals surface area contributed by atoms with E-state index in [1.165, 1.54) is 41.1 Å². The second kappa shape index (κ2) is 8.72. The van der Waals surface area contributed by atoms with Crippen LogP contribution >= 0.6 is 0 Å². The molecule has 5 rings (SSSR count). The van der Waals surface area contributed by atoms with Gasteiger partial charge in [0.05, 0.1) is 17.7 Å². The molecule has 0 unspecified atom stereocenters. The summed E-state index contributed by atoms with van der Waals surface area (Å²) < 4.78 is 26.6. The summed E-state index contributed by atoms with van der Waals surface area (Å²) in [6.45, 7) is 3.92. The number of nitro groups is 1. The summed E-state index contributed by atoms with van der Waals surface area (Å²) in [6, 6.07) is 6.97. The molecule has 3 aromatic rings. The van der Waals surface area contributed by atoms with Gasteiger partial charge in [0.2, 0.25) is 0 Å². The highest BCUT2D eigenvalue weighted by atomic mass is 16.8. The standard InChI is InChI=1S/C21H22N6O8/c1-21(2)34-17-15(33-19(18(17)35-21)26-8-7-16(28)22-20(26)29)10-25-9-12(23-24-25)11-32-14-5-3-13(4-6-14)27(30)31/h3-9,15,17-19H,10-11H2,1-2H3,(H,22,28,29)/t15-,17-,18-,19-/m1/s1. The molecule has 0 spiro atoms. The summed E-state index contributed by atoms with van der Waals surface area (Å²) in [5.74, 6) is -0.423. The maximum atomic E-state index is 12.3. The summed E-state index contributed by atoms with van der Waals surface area (Å²) in [5, 5.41) is 19.0. The maximum absolute atomic E-state index is 12.3. The third kappa shape index (κ3) is 4.71.